The lowest BCUT2D eigenvalue weighted by molar-refractivity contribution is 0.0998. The first-order chi connectivity index (χ1) is 7.61. The fourth-order valence-corrected chi connectivity index (χ4v) is 2.50. The van der Waals surface area contributed by atoms with Gasteiger partial charge in [0.2, 0.25) is 0 Å². The lowest BCUT2D eigenvalue weighted by Gasteiger charge is -2.09. The Kier molecular flexibility index (Phi) is 1.67. The molecular formula is C14H13NO. The van der Waals surface area contributed by atoms with Crippen molar-refractivity contribution in [1.82, 2.24) is 0 Å². The van der Waals surface area contributed by atoms with E-state index in [1.54, 1.807) is 4.90 Å². The zero-order valence-electron chi connectivity index (χ0n) is 9.66. The van der Waals surface area contributed by atoms with E-state index in [4.69, 9.17) is 0 Å². The molecule has 2 nitrogen and oxygen atoms in total. The van der Waals surface area contributed by atoms with Crippen molar-refractivity contribution < 1.29 is 4.79 Å². The van der Waals surface area contributed by atoms with E-state index in [1.165, 1.54) is 5.56 Å². The van der Waals surface area contributed by atoms with Gasteiger partial charge in [-0.1, -0.05) is 18.2 Å². The van der Waals surface area contributed by atoms with Crippen molar-refractivity contribution in [2.45, 2.75) is 13.8 Å². The molecular weight excluding hydrogens is 198 g/mol. The molecule has 2 heteroatoms. The molecule has 0 saturated heterocycles. The van der Waals surface area contributed by atoms with Crippen molar-refractivity contribution in [2.75, 3.05) is 11.9 Å². The summed E-state index contributed by atoms with van der Waals surface area (Å²) in [5.74, 6) is 0.118. The van der Waals surface area contributed by atoms with Crippen LogP contribution in [0.15, 0.2) is 24.3 Å². The summed E-state index contributed by atoms with van der Waals surface area (Å²) in [5, 5.41) is 2.27. The molecule has 1 heterocycles. The van der Waals surface area contributed by atoms with Crippen LogP contribution in [0.25, 0.3) is 10.8 Å². The molecule has 3 rings (SSSR count). The highest BCUT2D eigenvalue weighted by molar-refractivity contribution is 6.25. The molecule has 0 bridgehead atoms. The molecule has 0 spiro atoms. The summed E-state index contributed by atoms with van der Waals surface area (Å²) < 4.78 is 0. The maximum Gasteiger partial charge on any atom is 0.259 e. The first-order valence-corrected chi connectivity index (χ1v) is 5.42. The summed E-state index contributed by atoms with van der Waals surface area (Å²) in [5.41, 5.74) is 4.20. The summed E-state index contributed by atoms with van der Waals surface area (Å²) in [4.78, 5) is 13.9. The minimum atomic E-state index is 0.118. The van der Waals surface area contributed by atoms with Gasteiger partial charge >= 0.3 is 0 Å². The predicted octanol–water partition coefficient (Wildman–Crippen LogP) is 3.05. The quantitative estimate of drug-likeness (QED) is 0.656. The number of aryl methyl sites for hydroxylation is 1. The normalized spacial score (nSPS) is 13.9. The Hall–Kier alpha value is -1.83. The molecule has 0 N–H and O–H groups in total. The molecule has 0 fully saturated rings. The van der Waals surface area contributed by atoms with E-state index in [2.05, 4.69) is 19.1 Å². The van der Waals surface area contributed by atoms with Crippen LogP contribution in [0.4, 0.5) is 5.69 Å². The van der Waals surface area contributed by atoms with E-state index in [0.29, 0.717) is 0 Å². The number of carbonyl (C=O) groups excluding carboxylic acids is 1. The SMILES string of the molecule is Cc1cc2cccc3c2c(c1C)C(=O)N3C. The van der Waals surface area contributed by atoms with Gasteiger partial charge in [0.25, 0.3) is 5.91 Å². The lowest BCUT2D eigenvalue weighted by Crippen LogP contribution is -2.21. The summed E-state index contributed by atoms with van der Waals surface area (Å²) >= 11 is 0. The average molecular weight is 211 g/mol. The van der Waals surface area contributed by atoms with Crippen LogP contribution in [0, 0.1) is 13.8 Å². The third-order valence-corrected chi connectivity index (χ3v) is 3.54. The first kappa shape index (κ1) is 9.40. The zero-order chi connectivity index (χ0) is 11.4. The van der Waals surface area contributed by atoms with E-state index >= 15 is 0 Å². The molecule has 80 valence electrons. The van der Waals surface area contributed by atoms with E-state index in [-0.39, 0.29) is 5.91 Å². The molecule has 0 radical (unpaired) electrons. The monoisotopic (exact) mass is 211 g/mol. The van der Waals surface area contributed by atoms with Crippen LogP contribution in [-0.4, -0.2) is 13.0 Å². The molecule has 2 aromatic carbocycles. The van der Waals surface area contributed by atoms with Crippen molar-refractivity contribution in [3.05, 3.63) is 41.0 Å². The number of benzene rings is 2. The van der Waals surface area contributed by atoms with Crippen molar-refractivity contribution >= 4 is 22.4 Å². The fraction of sp³-hybridized carbons (Fsp3) is 0.214. The minimum absolute atomic E-state index is 0.118. The zero-order valence-corrected chi connectivity index (χ0v) is 9.66. The number of anilines is 1. The number of amides is 1. The summed E-state index contributed by atoms with van der Waals surface area (Å²) in [6.07, 6.45) is 0. The molecule has 1 aliphatic rings. The summed E-state index contributed by atoms with van der Waals surface area (Å²) in [7, 11) is 1.84. The highest BCUT2D eigenvalue weighted by Gasteiger charge is 2.28. The van der Waals surface area contributed by atoms with E-state index in [0.717, 1.165) is 27.6 Å². The smallest absolute Gasteiger partial charge is 0.259 e. The second-order valence-corrected chi connectivity index (χ2v) is 4.43. The van der Waals surface area contributed by atoms with Crippen LogP contribution in [0.1, 0.15) is 21.5 Å². The van der Waals surface area contributed by atoms with Gasteiger partial charge in [-0.05, 0) is 36.4 Å². The first-order valence-electron chi connectivity index (χ1n) is 5.42. The van der Waals surface area contributed by atoms with E-state index in [9.17, 15) is 4.79 Å². The van der Waals surface area contributed by atoms with Gasteiger partial charge in [0.1, 0.15) is 0 Å². The van der Waals surface area contributed by atoms with Gasteiger partial charge in [-0.15, -0.1) is 0 Å². The molecule has 2 aromatic rings. The predicted molar refractivity (Wildman–Crippen MR) is 66.2 cm³/mol. The second kappa shape index (κ2) is 2.85. The second-order valence-electron chi connectivity index (χ2n) is 4.43. The van der Waals surface area contributed by atoms with Gasteiger partial charge < -0.3 is 4.90 Å². The number of rotatable bonds is 0. The average Bonchev–Trinajstić information content (AvgIpc) is 2.52. The lowest BCUT2D eigenvalue weighted by atomic mass is 9.96. The number of hydrogen-bond donors (Lipinski definition) is 0. The summed E-state index contributed by atoms with van der Waals surface area (Å²) in [6, 6.07) is 8.24. The number of carbonyl (C=O) groups is 1. The van der Waals surface area contributed by atoms with E-state index < -0.39 is 0 Å². The van der Waals surface area contributed by atoms with Crippen LogP contribution in [-0.2, 0) is 0 Å². The van der Waals surface area contributed by atoms with Crippen molar-refractivity contribution in [3.8, 4) is 0 Å². The Bertz CT molecular complexity index is 628. The Morgan fingerprint density at radius 2 is 1.94 bits per heavy atom. The van der Waals surface area contributed by atoms with Gasteiger partial charge in [0.15, 0.2) is 0 Å². The Morgan fingerprint density at radius 3 is 2.69 bits per heavy atom. The molecule has 0 aliphatic carbocycles. The highest BCUT2D eigenvalue weighted by Crippen LogP contribution is 2.38. The molecule has 1 aliphatic heterocycles. The van der Waals surface area contributed by atoms with Crippen LogP contribution < -0.4 is 4.90 Å². The molecule has 0 atom stereocenters. The molecule has 16 heavy (non-hydrogen) atoms. The highest BCUT2D eigenvalue weighted by atomic mass is 16.2. The largest absolute Gasteiger partial charge is 0.311 e. The van der Waals surface area contributed by atoms with Crippen molar-refractivity contribution in [3.63, 3.8) is 0 Å². The van der Waals surface area contributed by atoms with Crippen LogP contribution in [0.5, 0.6) is 0 Å². The maximum absolute atomic E-state index is 12.2. The van der Waals surface area contributed by atoms with Gasteiger partial charge in [0.05, 0.1) is 11.3 Å². The van der Waals surface area contributed by atoms with Crippen LogP contribution >= 0.6 is 0 Å². The Labute approximate surface area is 94.5 Å². The Balaban J connectivity index is 2.58. The topological polar surface area (TPSA) is 20.3 Å². The number of hydrogen-bond acceptors (Lipinski definition) is 1. The van der Waals surface area contributed by atoms with Gasteiger partial charge in [-0.3, -0.25) is 4.79 Å². The third-order valence-electron chi connectivity index (χ3n) is 3.54. The van der Waals surface area contributed by atoms with Crippen molar-refractivity contribution in [1.29, 1.82) is 0 Å². The maximum atomic E-state index is 12.2. The molecule has 0 saturated carbocycles. The van der Waals surface area contributed by atoms with Crippen molar-refractivity contribution in [2.24, 2.45) is 0 Å². The van der Waals surface area contributed by atoms with Gasteiger partial charge in [-0.2, -0.15) is 0 Å². The summed E-state index contributed by atoms with van der Waals surface area (Å²) in [6.45, 7) is 4.08. The number of nitrogens with zero attached hydrogens (tertiary/aromatic N) is 1. The van der Waals surface area contributed by atoms with Gasteiger partial charge in [0, 0.05) is 12.4 Å². The van der Waals surface area contributed by atoms with Crippen LogP contribution in [0.3, 0.4) is 0 Å². The fourth-order valence-electron chi connectivity index (χ4n) is 2.50. The molecule has 1 amide bonds. The molecule has 0 aromatic heterocycles. The van der Waals surface area contributed by atoms with E-state index in [1.807, 2.05) is 26.1 Å². The van der Waals surface area contributed by atoms with Crippen LogP contribution in [0.2, 0.25) is 0 Å². The third kappa shape index (κ3) is 0.941. The van der Waals surface area contributed by atoms with Gasteiger partial charge in [-0.25, -0.2) is 0 Å². The Morgan fingerprint density at radius 1 is 1.19 bits per heavy atom. The standard InChI is InChI=1S/C14H13NO/c1-8-7-10-5-4-6-11-13(10)12(9(8)2)14(16)15(11)3/h4-7H,1-3H3. The molecule has 0 unspecified atom stereocenters. The minimum Gasteiger partial charge on any atom is -0.311 e.